The molecular weight excluding hydrogens is 1130 g/mol. The Morgan fingerprint density at radius 2 is 1.24 bits per heavy atom. The monoisotopic (exact) mass is 1210 g/mol. The van der Waals surface area contributed by atoms with Crippen LogP contribution < -0.4 is 15.2 Å². The molecule has 14 nitrogen and oxygen atoms in total. The lowest BCUT2D eigenvalue weighted by atomic mass is 9.75. The number of Topliss-reactive ketones (excluding diaryl/α,β-unsaturated/α-hetero) is 2. The fraction of sp³-hybridized carbons (Fsp3) is 0.373. The summed E-state index contributed by atoms with van der Waals surface area (Å²) in [7, 11) is 8.17. The number of carbonyl (C=O) groups is 4. The van der Waals surface area contributed by atoms with Crippen molar-refractivity contribution >= 4 is 79.4 Å². The maximum absolute atomic E-state index is 14.0. The molecule has 0 atom stereocenters. The van der Waals surface area contributed by atoms with E-state index < -0.39 is 11.1 Å². The lowest BCUT2D eigenvalue weighted by Gasteiger charge is -2.41. The predicted molar refractivity (Wildman–Crippen MR) is 353 cm³/mol. The van der Waals surface area contributed by atoms with Gasteiger partial charge in [-0.2, -0.15) is 0 Å². The molecule has 4 saturated carbocycles. The van der Waals surface area contributed by atoms with E-state index in [1.807, 2.05) is 90.7 Å². The fourth-order valence-corrected chi connectivity index (χ4v) is 15.1. The summed E-state index contributed by atoms with van der Waals surface area (Å²) in [5.41, 5.74) is 17.3. The van der Waals surface area contributed by atoms with Gasteiger partial charge in [0, 0.05) is 59.6 Å². The number of halogens is 1. The number of carbonyl (C=O) groups excluding carboxylic acids is 4. The molecule has 0 aliphatic heterocycles. The van der Waals surface area contributed by atoms with E-state index in [-0.39, 0.29) is 29.2 Å². The molecule has 2 amide bonds. The van der Waals surface area contributed by atoms with Gasteiger partial charge in [0.15, 0.2) is 22.6 Å². The standard InChI is InChI=1S/C38H40FN5O2.C37H40N4O3/c1-22(24(3)45)17-27-20-33-31(18-23(27)2)41-37(44(33)5)38(15-8-16-38)42-36(46)26-11-13-29-32(19-26)43(4)35(30-14-12-28(39)21-40-30)34(29)25-9-6-7-10-25;1-23(24(2)42)19-25-11-14-30-32(20-25)41(4)36(38-30)37(16-8-17-37)39-35(43)27-12-13-29-31(21-27)40(3)34(28-15-18-44-22-28)33(29)26-9-6-5-7-10-26/h11-14,17-21,25H,6-10,15-16H2,1-5H3,(H,42,46);11-15,18-22,26H,5-10,16-17H2,1-4H3,(H,39,43)/p+1/b22-17+;23-19+. The van der Waals surface area contributed by atoms with Gasteiger partial charge < -0.3 is 28.8 Å². The normalized spacial score (nSPS) is 17.0. The fourth-order valence-electron chi connectivity index (χ4n) is 15.1. The number of fused-ring (bicyclic) bond motifs is 4. The van der Waals surface area contributed by atoms with Crippen molar-refractivity contribution in [1.82, 2.24) is 39.3 Å². The smallest absolute Gasteiger partial charge is 0.281 e. The van der Waals surface area contributed by atoms with Crippen LogP contribution in [0.5, 0.6) is 0 Å². The number of H-pyrrole nitrogens is 1. The van der Waals surface area contributed by atoms with Crippen molar-refractivity contribution in [2.45, 2.75) is 154 Å². The Morgan fingerprint density at radius 3 is 1.81 bits per heavy atom. The van der Waals surface area contributed by atoms with Crippen LogP contribution in [0.25, 0.3) is 78.7 Å². The number of aromatic amines is 1. The van der Waals surface area contributed by atoms with Crippen LogP contribution >= 0.6 is 0 Å². The zero-order chi connectivity index (χ0) is 62.9. The van der Waals surface area contributed by atoms with Gasteiger partial charge >= 0.3 is 0 Å². The van der Waals surface area contributed by atoms with Crippen molar-refractivity contribution in [2.24, 2.45) is 28.2 Å². The summed E-state index contributed by atoms with van der Waals surface area (Å²) < 4.78 is 27.9. The zero-order valence-electron chi connectivity index (χ0n) is 53.3. The van der Waals surface area contributed by atoms with Crippen LogP contribution in [0.3, 0.4) is 0 Å². The number of nitrogens with zero attached hydrogens (tertiary/aromatic N) is 6. The summed E-state index contributed by atoms with van der Waals surface area (Å²) in [5.74, 6) is 2.34. The minimum Gasteiger partial charge on any atom is -0.472 e. The van der Waals surface area contributed by atoms with Crippen molar-refractivity contribution in [3.05, 3.63) is 171 Å². The average molecular weight is 1210 g/mol. The third-order valence-corrected chi connectivity index (χ3v) is 20.7. The number of aromatic nitrogens is 7. The van der Waals surface area contributed by atoms with Crippen LogP contribution in [0, 0.1) is 12.7 Å². The molecule has 0 bridgehead atoms. The van der Waals surface area contributed by atoms with E-state index in [9.17, 15) is 23.6 Å². The first kappa shape index (κ1) is 60.0. The lowest BCUT2D eigenvalue weighted by Crippen LogP contribution is -2.56. The Hall–Kier alpha value is -8.98. The molecule has 14 rings (SSSR count). The molecule has 6 aromatic heterocycles. The van der Waals surface area contributed by atoms with E-state index >= 15 is 0 Å². The quantitative estimate of drug-likeness (QED) is 0.0720. The topological polar surface area (TPSA) is 166 Å². The number of pyridine rings is 1. The summed E-state index contributed by atoms with van der Waals surface area (Å²) in [5, 5.41) is 9.21. The van der Waals surface area contributed by atoms with Gasteiger partial charge in [-0.25, -0.2) is 18.9 Å². The Kier molecular flexibility index (Phi) is 15.8. The molecule has 4 aliphatic carbocycles. The molecule has 4 aliphatic rings. The number of furan rings is 1. The Bertz CT molecular complexity index is 4570. The van der Waals surface area contributed by atoms with Crippen LogP contribution in [0.4, 0.5) is 4.39 Å². The van der Waals surface area contributed by atoms with Crippen molar-refractivity contribution in [3.8, 4) is 22.6 Å². The summed E-state index contributed by atoms with van der Waals surface area (Å²) in [6.07, 6.45) is 25.0. The van der Waals surface area contributed by atoms with E-state index in [0.717, 1.165) is 141 Å². The second-order valence-electron chi connectivity index (χ2n) is 26.3. The highest BCUT2D eigenvalue weighted by molar-refractivity contribution is 6.03. The Labute approximate surface area is 524 Å². The number of hydrogen-bond donors (Lipinski definition) is 3. The second-order valence-corrected chi connectivity index (χ2v) is 26.3. The van der Waals surface area contributed by atoms with Crippen LogP contribution in [-0.4, -0.2) is 52.0 Å². The largest absolute Gasteiger partial charge is 0.472 e. The molecule has 462 valence electrons. The highest BCUT2D eigenvalue weighted by Gasteiger charge is 2.49. The number of hydrogen-bond acceptors (Lipinski definition) is 7. The van der Waals surface area contributed by atoms with Gasteiger partial charge in [0.2, 0.25) is 0 Å². The molecule has 3 N–H and O–H groups in total. The molecule has 0 saturated heterocycles. The van der Waals surface area contributed by atoms with Gasteiger partial charge in [-0.1, -0.05) is 50.3 Å². The van der Waals surface area contributed by atoms with Crippen molar-refractivity contribution < 1.29 is 32.6 Å². The van der Waals surface area contributed by atoms with Crippen LogP contribution in [-0.2, 0) is 48.9 Å². The summed E-state index contributed by atoms with van der Waals surface area (Å²) in [6.45, 7) is 8.88. The van der Waals surface area contributed by atoms with E-state index in [1.165, 1.54) is 79.4 Å². The van der Waals surface area contributed by atoms with Gasteiger partial charge in [0.25, 0.3) is 17.6 Å². The molecule has 4 fully saturated rings. The minimum absolute atomic E-state index is 0.0490. The summed E-state index contributed by atoms with van der Waals surface area (Å²) in [4.78, 5) is 64.8. The highest BCUT2D eigenvalue weighted by atomic mass is 19.1. The van der Waals surface area contributed by atoms with Gasteiger partial charge in [-0.3, -0.25) is 24.2 Å². The third kappa shape index (κ3) is 10.7. The van der Waals surface area contributed by atoms with Crippen LogP contribution in [0.1, 0.15) is 196 Å². The van der Waals surface area contributed by atoms with Crippen LogP contribution in [0.15, 0.2) is 119 Å². The van der Waals surface area contributed by atoms with Gasteiger partial charge in [0.1, 0.15) is 17.2 Å². The molecule has 4 aromatic carbocycles. The number of ketones is 2. The number of rotatable bonds is 14. The number of imidazole rings is 2. The van der Waals surface area contributed by atoms with Crippen molar-refractivity contribution in [1.29, 1.82) is 0 Å². The molecule has 0 unspecified atom stereocenters. The first-order chi connectivity index (χ1) is 43.3. The average Bonchev–Trinajstić information content (AvgIpc) is 1.59. The Morgan fingerprint density at radius 1 is 0.656 bits per heavy atom. The molecule has 90 heavy (non-hydrogen) atoms. The highest BCUT2D eigenvalue weighted by Crippen LogP contribution is 2.48. The summed E-state index contributed by atoms with van der Waals surface area (Å²) in [6, 6.07) is 27.8. The number of allylic oxidation sites excluding steroid dienone is 2. The molecule has 0 radical (unpaired) electrons. The molecular formula is C75H81FN9O5+. The van der Waals surface area contributed by atoms with Crippen molar-refractivity contribution in [3.63, 3.8) is 0 Å². The molecule has 6 heterocycles. The predicted octanol–water partition coefficient (Wildman–Crippen LogP) is 15.6. The number of amides is 2. The first-order valence-corrected chi connectivity index (χ1v) is 32.2. The van der Waals surface area contributed by atoms with E-state index in [1.54, 1.807) is 26.2 Å². The summed E-state index contributed by atoms with van der Waals surface area (Å²) >= 11 is 0. The third-order valence-electron chi connectivity index (χ3n) is 20.7. The second kappa shape index (κ2) is 23.8. The van der Waals surface area contributed by atoms with E-state index in [4.69, 9.17) is 9.40 Å². The molecule has 10 aromatic rings. The van der Waals surface area contributed by atoms with E-state index in [0.29, 0.717) is 28.5 Å². The van der Waals surface area contributed by atoms with Crippen molar-refractivity contribution in [2.75, 3.05) is 0 Å². The van der Waals surface area contributed by atoms with E-state index in [2.05, 4.69) is 88.4 Å². The maximum Gasteiger partial charge on any atom is 0.281 e. The van der Waals surface area contributed by atoms with Crippen LogP contribution in [0.2, 0.25) is 0 Å². The number of nitrogens with one attached hydrogen (secondary N) is 3. The number of benzene rings is 4. The first-order valence-electron chi connectivity index (χ1n) is 32.2. The lowest BCUT2D eigenvalue weighted by molar-refractivity contribution is -0.658. The zero-order valence-corrected chi connectivity index (χ0v) is 53.3. The number of aryl methyl sites for hydroxylation is 5. The minimum atomic E-state index is -0.564. The molecule has 0 spiro atoms. The maximum atomic E-state index is 14.0. The Balaban J connectivity index is 0.000000165. The van der Waals surface area contributed by atoms with Gasteiger partial charge in [0.05, 0.1) is 59.4 Å². The SMILES string of the molecule is CC(=O)/C(C)=C/c1cc2c(cc1C)nc(C1(NC(=O)c3ccc4c(C5CCCC5)c(-c5ccc(F)cn5)n(C)c4c3)CCC1)n2C.CC(=O)/C(C)=C/c1ccc2[nH]c(C3(NC(=O)c4ccc5c(C6CCCCC6)c(-c6ccoc6)n(C)c5c4)CCC3)[n+](C)c2c1. The molecule has 15 heteroatoms. The van der Waals surface area contributed by atoms with Gasteiger partial charge in [-0.15, -0.1) is 0 Å². The van der Waals surface area contributed by atoms with Gasteiger partial charge in [-0.05, 0) is 229 Å².